The minimum atomic E-state index is -0.483. The van der Waals surface area contributed by atoms with Gasteiger partial charge >= 0.3 is 0 Å². The summed E-state index contributed by atoms with van der Waals surface area (Å²) in [7, 11) is 3.43. The molecule has 1 heterocycles. The molecule has 0 saturated heterocycles. The quantitative estimate of drug-likeness (QED) is 0.259. The van der Waals surface area contributed by atoms with E-state index in [0.717, 1.165) is 11.3 Å². The molecule has 0 aliphatic rings. The van der Waals surface area contributed by atoms with Gasteiger partial charge in [0.1, 0.15) is 5.75 Å². The van der Waals surface area contributed by atoms with E-state index < -0.39 is 4.92 Å². The lowest BCUT2D eigenvalue weighted by molar-refractivity contribution is -0.385. The van der Waals surface area contributed by atoms with E-state index in [1.54, 1.807) is 30.7 Å². The van der Waals surface area contributed by atoms with Crippen LogP contribution in [0.15, 0.2) is 47.6 Å². The van der Waals surface area contributed by atoms with Crippen molar-refractivity contribution < 1.29 is 14.5 Å². The zero-order chi connectivity index (χ0) is 20.3. The summed E-state index contributed by atoms with van der Waals surface area (Å²) in [6, 6.07) is 11.9. The number of nitrogens with zero attached hydrogens (tertiary/aromatic N) is 4. The fourth-order valence-electron chi connectivity index (χ4n) is 2.63. The van der Waals surface area contributed by atoms with Crippen LogP contribution in [-0.4, -0.2) is 38.3 Å². The number of ketones is 1. The van der Waals surface area contributed by atoms with Gasteiger partial charge in [0.2, 0.25) is 0 Å². The van der Waals surface area contributed by atoms with Crippen LogP contribution in [0.3, 0.4) is 0 Å². The molecule has 3 rings (SSSR count). The number of ether oxygens (including phenoxy) is 1. The Morgan fingerprint density at radius 2 is 1.93 bits per heavy atom. The van der Waals surface area contributed by atoms with Crippen LogP contribution in [0, 0.1) is 17.0 Å². The molecule has 0 N–H and O–H groups in total. The second-order valence-corrected chi connectivity index (χ2v) is 7.01. The van der Waals surface area contributed by atoms with Gasteiger partial charge in [-0.3, -0.25) is 14.9 Å². The zero-order valence-electron chi connectivity index (χ0n) is 15.6. The predicted octanol–water partition coefficient (Wildman–Crippen LogP) is 3.68. The predicted molar refractivity (Wildman–Crippen MR) is 106 cm³/mol. The second kappa shape index (κ2) is 8.22. The number of rotatable bonds is 7. The number of nitro groups is 1. The molecule has 3 aromatic rings. The molecule has 0 radical (unpaired) electrons. The standard InChI is InChI=1S/C19H18N4O4S/c1-12-4-5-14(10-16(12)23(25)26)17(24)11-28-19-21-20-18(22(19)2)13-6-8-15(27-3)9-7-13/h4-10H,11H2,1-3H3. The maximum Gasteiger partial charge on any atom is 0.273 e. The van der Waals surface area contributed by atoms with Crippen LogP contribution in [-0.2, 0) is 7.05 Å². The van der Waals surface area contributed by atoms with Gasteiger partial charge in [0, 0.05) is 29.8 Å². The van der Waals surface area contributed by atoms with Gasteiger partial charge in [-0.05, 0) is 31.2 Å². The summed E-state index contributed by atoms with van der Waals surface area (Å²) < 4.78 is 6.95. The van der Waals surface area contributed by atoms with Gasteiger partial charge in [-0.15, -0.1) is 10.2 Å². The highest BCUT2D eigenvalue weighted by Gasteiger charge is 2.17. The summed E-state index contributed by atoms with van der Waals surface area (Å²) >= 11 is 1.24. The fraction of sp³-hybridized carbons (Fsp3) is 0.211. The minimum absolute atomic E-state index is 0.0590. The lowest BCUT2D eigenvalue weighted by Gasteiger charge is -2.05. The molecule has 2 aromatic carbocycles. The molecular weight excluding hydrogens is 380 g/mol. The molecule has 9 heteroatoms. The van der Waals surface area contributed by atoms with Crippen molar-refractivity contribution in [2.45, 2.75) is 12.1 Å². The van der Waals surface area contributed by atoms with E-state index in [0.29, 0.717) is 22.1 Å². The maximum absolute atomic E-state index is 12.4. The summed E-state index contributed by atoms with van der Waals surface area (Å²) in [5, 5.41) is 20.0. The molecule has 0 aliphatic heterocycles. The van der Waals surface area contributed by atoms with Crippen molar-refractivity contribution in [2.75, 3.05) is 12.9 Å². The van der Waals surface area contributed by atoms with Crippen molar-refractivity contribution in [3.8, 4) is 17.1 Å². The van der Waals surface area contributed by atoms with E-state index in [1.807, 2.05) is 31.3 Å². The third-order valence-electron chi connectivity index (χ3n) is 4.24. The van der Waals surface area contributed by atoms with Crippen molar-refractivity contribution in [1.29, 1.82) is 0 Å². The number of Topliss-reactive ketones (excluding diaryl/α,β-unsaturated/α-hetero) is 1. The first-order valence-electron chi connectivity index (χ1n) is 8.35. The molecule has 0 amide bonds. The highest BCUT2D eigenvalue weighted by Crippen LogP contribution is 2.26. The molecule has 0 unspecified atom stereocenters. The summed E-state index contributed by atoms with van der Waals surface area (Å²) in [6.07, 6.45) is 0. The van der Waals surface area contributed by atoms with E-state index in [9.17, 15) is 14.9 Å². The van der Waals surface area contributed by atoms with Crippen molar-refractivity contribution in [2.24, 2.45) is 7.05 Å². The lowest BCUT2D eigenvalue weighted by atomic mass is 10.1. The van der Waals surface area contributed by atoms with Gasteiger partial charge in [0.05, 0.1) is 17.8 Å². The van der Waals surface area contributed by atoms with Crippen LogP contribution in [0.25, 0.3) is 11.4 Å². The molecule has 0 saturated carbocycles. The Kier molecular flexibility index (Phi) is 5.74. The molecule has 0 atom stereocenters. The summed E-state index contributed by atoms with van der Waals surface area (Å²) in [4.78, 5) is 23.0. The van der Waals surface area contributed by atoms with Crippen LogP contribution in [0.4, 0.5) is 5.69 Å². The average Bonchev–Trinajstić information content (AvgIpc) is 3.06. The Morgan fingerprint density at radius 1 is 1.21 bits per heavy atom. The molecule has 0 fully saturated rings. The first kappa shape index (κ1) is 19.6. The Labute approximate surface area is 165 Å². The van der Waals surface area contributed by atoms with E-state index in [-0.39, 0.29) is 17.2 Å². The number of benzene rings is 2. The summed E-state index contributed by atoms with van der Waals surface area (Å²) in [5.74, 6) is 1.32. The van der Waals surface area contributed by atoms with Crippen molar-refractivity contribution in [3.63, 3.8) is 0 Å². The fourth-order valence-corrected chi connectivity index (χ4v) is 3.43. The van der Waals surface area contributed by atoms with E-state index in [4.69, 9.17) is 4.74 Å². The first-order chi connectivity index (χ1) is 13.4. The summed E-state index contributed by atoms with van der Waals surface area (Å²) in [5.41, 5.74) is 1.65. The van der Waals surface area contributed by atoms with E-state index in [1.165, 1.54) is 17.8 Å². The van der Waals surface area contributed by atoms with Crippen molar-refractivity contribution in [3.05, 3.63) is 63.7 Å². The number of methoxy groups -OCH3 is 1. The number of carbonyl (C=O) groups excluding carboxylic acids is 1. The van der Waals surface area contributed by atoms with Crippen LogP contribution >= 0.6 is 11.8 Å². The van der Waals surface area contributed by atoms with Crippen LogP contribution in [0.1, 0.15) is 15.9 Å². The Bertz CT molecular complexity index is 1030. The maximum atomic E-state index is 12.4. The van der Waals surface area contributed by atoms with Crippen molar-refractivity contribution in [1.82, 2.24) is 14.8 Å². The largest absolute Gasteiger partial charge is 0.497 e. The van der Waals surface area contributed by atoms with Crippen LogP contribution in [0.2, 0.25) is 0 Å². The SMILES string of the molecule is COc1ccc(-c2nnc(SCC(=O)c3ccc(C)c([N+](=O)[O-])c3)n2C)cc1. The molecule has 1 aromatic heterocycles. The number of hydrogen-bond acceptors (Lipinski definition) is 7. The monoisotopic (exact) mass is 398 g/mol. The summed E-state index contributed by atoms with van der Waals surface area (Å²) in [6.45, 7) is 1.64. The lowest BCUT2D eigenvalue weighted by Crippen LogP contribution is -2.05. The highest BCUT2D eigenvalue weighted by atomic mass is 32.2. The highest BCUT2D eigenvalue weighted by molar-refractivity contribution is 7.99. The van der Waals surface area contributed by atoms with Crippen molar-refractivity contribution >= 4 is 23.2 Å². The first-order valence-corrected chi connectivity index (χ1v) is 9.34. The zero-order valence-corrected chi connectivity index (χ0v) is 16.4. The average molecular weight is 398 g/mol. The Balaban J connectivity index is 1.73. The number of aromatic nitrogens is 3. The number of aryl methyl sites for hydroxylation is 1. The molecule has 144 valence electrons. The Hall–Kier alpha value is -3.20. The molecule has 8 nitrogen and oxygen atoms in total. The molecule has 0 aliphatic carbocycles. The topological polar surface area (TPSA) is 100 Å². The van der Waals surface area contributed by atoms with Gasteiger partial charge in [0.25, 0.3) is 5.69 Å². The third kappa shape index (κ3) is 4.04. The van der Waals surface area contributed by atoms with Crippen LogP contribution in [0.5, 0.6) is 5.75 Å². The van der Waals surface area contributed by atoms with Crippen LogP contribution < -0.4 is 4.74 Å². The van der Waals surface area contributed by atoms with E-state index >= 15 is 0 Å². The van der Waals surface area contributed by atoms with Gasteiger partial charge in [-0.1, -0.05) is 23.9 Å². The number of thioether (sulfide) groups is 1. The van der Waals surface area contributed by atoms with Gasteiger partial charge < -0.3 is 9.30 Å². The number of carbonyl (C=O) groups is 1. The van der Waals surface area contributed by atoms with Gasteiger partial charge in [-0.25, -0.2) is 0 Å². The van der Waals surface area contributed by atoms with E-state index in [2.05, 4.69) is 10.2 Å². The van der Waals surface area contributed by atoms with Gasteiger partial charge in [-0.2, -0.15) is 0 Å². The number of hydrogen-bond donors (Lipinski definition) is 0. The normalized spacial score (nSPS) is 10.7. The molecule has 0 spiro atoms. The van der Waals surface area contributed by atoms with Gasteiger partial charge in [0.15, 0.2) is 16.8 Å². The smallest absolute Gasteiger partial charge is 0.273 e. The molecular formula is C19H18N4O4S. The Morgan fingerprint density at radius 3 is 2.57 bits per heavy atom. The second-order valence-electron chi connectivity index (χ2n) is 6.06. The number of nitro benzene ring substituents is 1. The molecule has 0 bridgehead atoms. The minimum Gasteiger partial charge on any atom is -0.497 e. The molecule has 28 heavy (non-hydrogen) atoms. The third-order valence-corrected chi connectivity index (χ3v) is 5.26.